The van der Waals surface area contributed by atoms with Gasteiger partial charge in [0.05, 0.1) is 6.61 Å². The van der Waals surface area contributed by atoms with Crippen LogP contribution in [-0.4, -0.2) is 47.6 Å². The van der Waals surface area contributed by atoms with Gasteiger partial charge in [0, 0.05) is 18.7 Å². The Labute approximate surface area is 118 Å². The molecular weight excluding hydrogens is 256 g/mol. The number of hydrogen-bond acceptors (Lipinski definition) is 3. The van der Waals surface area contributed by atoms with Crippen LogP contribution in [0.5, 0.6) is 0 Å². The summed E-state index contributed by atoms with van der Waals surface area (Å²) in [6, 6.07) is 8.05. The number of amides is 2. The third-order valence-electron chi connectivity index (χ3n) is 2.79. The van der Waals surface area contributed by atoms with Gasteiger partial charge in [-0.25, -0.2) is 0 Å². The second-order valence-corrected chi connectivity index (χ2v) is 4.36. The Morgan fingerprint density at radius 3 is 2.60 bits per heavy atom. The summed E-state index contributed by atoms with van der Waals surface area (Å²) in [5.74, 6) is -0.544. The van der Waals surface area contributed by atoms with E-state index in [0.717, 1.165) is 0 Å². The van der Waals surface area contributed by atoms with Crippen LogP contribution in [0.25, 0.3) is 0 Å². The maximum Gasteiger partial charge on any atom is 0.251 e. The van der Waals surface area contributed by atoms with Crippen LogP contribution in [0.3, 0.4) is 0 Å². The molecule has 0 spiro atoms. The highest BCUT2D eigenvalue weighted by Crippen LogP contribution is 2.01. The Morgan fingerprint density at radius 1 is 1.40 bits per heavy atom. The Balaban J connectivity index is 2.64. The van der Waals surface area contributed by atoms with E-state index in [0.29, 0.717) is 12.1 Å². The topological polar surface area (TPSA) is 69.6 Å². The average molecular weight is 276 g/mol. The van der Waals surface area contributed by atoms with Crippen molar-refractivity contribution in [3.8, 4) is 0 Å². The molecule has 108 valence electrons. The number of nitrogens with one attached hydrogen (secondary N) is 1. The molecule has 5 nitrogen and oxygen atoms in total. The van der Waals surface area contributed by atoms with Gasteiger partial charge in [-0.3, -0.25) is 9.59 Å². The zero-order valence-electron chi connectivity index (χ0n) is 11.6. The van der Waals surface area contributed by atoms with Crippen molar-refractivity contribution in [3.05, 3.63) is 48.6 Å². The SMILES string of the molecule is C=CCN(CCO)C(=O)C(C)NC(=O)c1ccccc1. The molecule has 0 aliphatic carbocycles. The first-order valence-corrected chi connectivity index (χ1v) is 6.46. The van der Waals surface area contributed by atoms with Crippen LogP contribution in [0.15, 0.2) is 43.0 Å². The zero-order valence-corrected chi connectivity index (χ0v) is 11.6. The monoisotopic (exact) mass is 276 g/mol. The molecule has 1 unspecified atom stereocenters. The molecule has 0 aliphatic rings. The molecule has 0 bridgehead atoms. The molecule has 2 N–H and O–H groups in total. The van der Waals surface area contributed by atoms with Crippen LogP contribution >= 0.6 is 0 Å². The quantitative estimate of drug-likeness (QED) is 0.724. The Kier molecular flexibility index (Phi) is 6.46. The van der Waals surface area contributed by atoms with Crippen LogP contribution < -0.4 is 5.32 Å². The highest BCUT2D eigenvalue weighted by molar-refractivity contribution is 5.97. The number of nitrogens with zero attached hydrogens (tertiary/aromatic N) is 1. The van der Waals surface area contributed by atoms with E-state index in [1.54, 1.807) is 37.3 Å². The normalized spacial score (nSPS) is 11.5. The summed E-state index contributed by atoms with van der Waals surface area (Å²) < 4.78 is 0. The predicted octanol–water partition coefficient (Wildman–Crippen LogP) is 0.812. The highest BCUT2D eigenvalue weighted by atomic mass is 16.3. The third-order valence-corrected chi connectivity index (χ3v) is 2.79. The van der Waals surface area contributed by atoms with Crippen molar-refractivity contribution in [2.75, 3.05) is 19.7 Å². The molecule has 0 saturated heterocycles. The van der Waals surface area contributed by atoms with E-state index in [-0.39, 0.29) is 25.0 Å². The first kappa shape index (κ1) is 15.9. The summed E-state index contributed by atoms with van der Waals surface area (Å²) in [7, 11) is 0. The Bertz CT molecular complexity index is 459. The lowest BCUT2D eigenvalue weighted by Crippen LogP contribution is -2.47. The number of benzene rings is 1. The van der Waals surface area contributed by atoms with Gasteiger partial charge in [-0.15, -0.1) is 6.58 Å². The van der Waals surface area contributed by atoms with Gasteiger partial charge in [0.2, 0.25) is 5.91 Å². The molecule has 0 radical (unpaired) electrons. The molecular formula is C15H20N2O3. The van der Waals surface area contributed by atoms with E-state index in [2.05, 4.69) is 11.9 Å². The lowest BCUT2D eigenvalue weighted by atomic mass is 10.2. The van der Waals surface area contributed by atoms with Gasteiger partial charge in [0.15, 0.2) is 0 Å². The number of rotatable bonds is 7. The van der Waals surface area contributed by atoms with Crippen molar-refractivity contribution < 1.29 is 14.7 Å². The Hall–Kier alpha value is -2.14. The third kappa shape index (κ3) is 4.51. The second-order valence-electron chi connectivity index (χ2n) is 4.36. The number of carbonyl (C=O) groups is 2. The lowest BCUT2D eigenvalue weighted by molar-refractivity contribution is -0.132. The van der Waals surface area contributed by atoms with Crippen molar-refractivity contribution in [2.45, 2.75) is 13.0 Å². The van der Waals surface area contributed by atoms with E-state index in [4.69, 9.17) is 5.11 Å². The van der Waals surface area contributed by atoms with Crippen LogP contribution in [-0.2, 0) is 4.79 Å². The first-order chi connectivity index (χ1) is 9.60. The predicted molar refractivity (Wildman–Crippen MR) is 77.2 cm³/mol. The second kappa shape index (κ2) is 8.12. The minimum atomic E-state index is -0.658. The molecule has 0 aliphatic heterocycles. The fourth-order valence-electron chi connectivity index (χ4n) is 1.77. The van der Waals surface area contributed by atoms with E-state index in [1.807, 2.05) is 6.07 Å². The van der Waals surface area contributed by atoms with E-state index < -0.39 is 6.04 Å². The van der Waals surface area contributed by atoms with Gasteiger partial charge >= 0.3 is 0 Å². The van der Waals surface area contributed by atoms with Gasteiger partial charge in [0.1, 0.15) is 6.04 Å². The smallest absolute Gasteiger partial charge is 0.251 e. The van der Waals surface area contributed by atoms with E-state index in [1.165, 1.54) is 4.90 Å². The number of hydrogen-bond donors (Lipinski definition) is 2. The number of aliphatic hydroxyl groups is 1. The zero-order chi connectivity index (χ0) is 15.0. The van der Waals surface area contributed by atoms with Crippen molar-refractivity contribution in [2.24, 2.45) is 0 Å². The summed E-state index contributed by atoms with van der Waals surface area (Å²) in [5, 5.41) is 11.6. The van der Waals surface area contributed by atoms with E-state index >= 15 is 0 Å². The van der Waals surface area contributed by atoms with Gasteiger partial charge in [-0.1, -0.05) is 24.3 Å². The molecule has 20 heavy (non-hydrogen) atoms. The van der Waals surface area contributed by atoms with Gasteiger partial charge < -0.3 is 15.3 Å². The van der Waals surface area contributed by atoms with Crippen LogP contribution in [0.2, 0.25) is 0 Å². The molecule has 0 heterocycles. The van der Waals surface area contributed by atoms with Crippen molar-refractivity contribution in [3.63, 3.8) is 0 Å². The molecule has 1 aromatic rings. The highest BCUT2D eigenvalue weighted by Gasteiger charge is 2.21. The molecule has 1 rings (SSSR count). The molecule has 0 aromatic heterocycles. The van der Waals surface area contributed by atoms with E-state index in [9.17, 15) is 9.59 Å². The van der Waals surface area contributed by atoms with Gasteiger partial charge in [-0.05, 0) is 19.1 Å². The summed E-state index contributed by atoms with van der Waals surface area (Å²) in [4.78, 5) is 25.5. The summed E-state index contributed by atoms with van der Waals surface area (Å²) >= 11 is 0. The standard InChI is InChI=1S/C15H20N2O3/c1-3-9-17(10-11-18)15(20)12(2)16-14(19)13-7-5-4-6-8-13/h3-8,12,18H,1,9-11H2,2H3,(H,16,19). The largest absolute Gasteiger partial charge is 0.395 e. The molecule has 1 atom stereocenters. The molecule has 5 heteroatoms. The minimum absolute atomic E-state index is 0.126. The fraction of sp³-hybridized carbons (Fsp3) is 0.333. The lowest BCUT2D eigenvalue weighted by Gasteiger charge is -2.24. The van der Waals surface area contributed by atoms with Gasteiger partial charge in [0.25, 0.3) is 5.91 Å². The molecule has 0 fully saturated rings. The first-order valence-electron chi connectivity index (χ1n) is 6.46. The maximum absolute atomic E-state index is 12.1. The number of aliphatic hydroxyl groups excluding tert-OH is 1. The van der Waals surface area contributed by atoms with Crippen LogP contribution in [0, 0.1) is 0 Å². The van der Waals surface area contributed by atoms with Crippen LogP contribution in [0.4, 0.5) is 0 Å². The molecule has 2 amide bonds. The van der Waals surface area contributed by atoms with Crippen molar-refractivity contribution in [1.29, 1.82) is 0 Å². The van der Waals surface area contributed by atoms with Crippen LogP contribution in [0.1, 0.15) is 17.3 Å². The molecule has 1 aromatic carbocycles. The minimum Gasteiger partial charge on any atom is -0.395 e. The van der Waals surface area contributed by atoms with Gasteiger partial charge in [-0.2, -0.15) is 0 Å². The average Bonchev–Trinajstić information content (AvgIpc) is 2.47. The Morgan fingerprint density at radius 2 is 2.05 bits per heavy atom. The summed E-state index contributed by atoms with van der Waals surface area (Å²) in [6.45, 7) is 5.62. The van der Waals surface area contributed by atoms with Crippen molar-refractivity contribution in [1.82, 2.24) is 10.2 Å². The summed E-state index contributed by atoms with van der Waals surface area (Å²) in [6.07, 6.45) is 1.58. The maximum atomic E-state index is 12.1. The summed E-state index contributed by atoms with van der Waals surface area (Å²) in [5.41, 5.74) is 0.504. The molecule has 0 saturated carbocycles. The number of carbonyl (C=O) groups excluding carboxylic acids is 2. The van der Waals surface area contributed by atoms with Crippen molar-refractivity contribution >= 4 is 11.8 Å². The fourth-order valence-corrected chi connectivity index (χ4v) is 1.77.